The van der Waals surface area contributed by atoms with Gasteiger partial charge in [-0.2, -0.15) is 13.2 Å². The molecule has 1 rings (SSSR count). The Morgan fingerprint density at radius 2 is 1.80 bits per heavy atom. The van der Waals surface area contributed by atoms with Crippen LogP contribution in [0.2, 0.25) is 0 Å². The van der Waals surface area contributed by atoms with Crippen molar-refractivity contribution in [3.63, 3.8) is 0 Å². The molecule has 20 heavy (non-hydrogen) atoms. The van der Waals surface area contributed by atoms with E-state index in [1.165, 1.54) is 19.2 Å². The molecule has 0 aliphatic heterocycles. The predicted octanol–water partition coefficient (Wildman–Crippen LogP) is 2.99. The number of carbonyl (C=O) groups excluding carboxylic acids is 1. The number of benzene rings is 1. The van der Waals surface area contributed by atoms with Crippen molar-refractivity contribution in [3.8, 4) is 0 Å². The van der Waals surface area contributed by atoms with Crippen LogP contribution >= 0.6 is 0 Å². The molecule has 0 saturated carbocycles. The third-order valence-corrected chi connectivity index (χ3v) is 3.23. The fraction of sp³-hybridized carbons (Fsp3) is 0.500. The van der Waals surface area contributed by atoms with E-state index < -0.39 is 11.7 Å². The minimum atomic E-state index is -4.32. The van der Waals surface area contributed by atoms with Crippen LogP contribution in [0.3, 0.4) is 0 Å². The minimum absolute atomic E-state index is 0.134. The zero-order valence-corrected chi connectivity index (χ0v) is 11.6. The molecule has 0 spiro atoms. The van der Waals surface area contributed by atoms with Crippen molar-refractivity contribution in [2.24, 2.45) is 5.92 Å². The van der Waals surface area contributed by atoms with Gasteiger partial charge in [0, 0.05) is 12.6 Å². The summed E-state index contributed by atoms with van der Waals surface area (Å²) in [6.45, 7) is 3.95. The highest BCUT2D eigenvalue weighted by molar-refractivity contribution is 5.72. The molecule has 0 radical (unpaired) electrons. The van der Waals surface area contributed by atoms with Gasteiger partial charge < -0.3 is 10.1 Å². The Bertz CT molecular complexity index is 443. The highest BCUT2D eigenvalue weighted by atomic mass is 19.4. The smallest absolute Gasteiger partial charge is 0.416 e. The van der Waals surface area contributed by atoms with Gasteiger partial charge in [-0.05, 0) is 24.6 Å². The summed E-state index contributed by atoms with van der Waals surface area (Å²) in [5.74, 6) is -0.646. The lowest BCUT2D eigenvalue weighted by Crippen LogP contribution is -2.36. The van der Waals surface area contributed by atoms with Crippen LogP contribution in [0.4, 0.5) is 13.2 Å². The Hall–Kier alpha value is -1.56. The van der Waals surface area contributed by atoms with Crippen LogP contribution in [0, 0.1) is 5.92 Å². The number of methoxy groups -OCH3 is 1. The summed E-state index contributed by atoms with van der Waals surface area (Å²) in [5.41, 5.74) is 0.0548. The first-order valence-electron chi connectivity index (χ1n) is 6.23. The van der Waals surface area contributed by atoms with Gasteiger partial charge in [0.05, 0.1) is 18.6 Å². The van der Waals surface area contributed by atoms with Crippen molar-refractivity contribution in [2.75, 3.05) is 7.11 Å². The predicted molar refractivity (Wildman–Crippen MR) is 68.9 cm³/mol. The molecule has 1 N–H and O–H groups in total. The van der Waals surface area contributed by atoms with Gasteiger partial charge in [-0.3, -0.25) is 4.79 Å². The summed E-state index contributed by atoms with van der Waals surface area (Å²) in [4.78, 5) is 11.3. The van der Waals surface area contributed by atoms with E-state index in [9.17, 15) is 18.0 Å². The number of nitrogens with one attached hydrogen (secondary N) is 1. The van der Waals surface area contributed by atoms with E-state index in [4.69, 9.17) is 0 Å². The van der Waals surface area contributed by atoms with Gasteiger partial charge in [0.2, 0.25) is 0 Å². The van der Waals surface area contributed by atoms with Crippen molar-refractivity contribution in [1.82, 2.24) is 5.32 Å². The first-order valence-corrected chi connectivity index (χ1v) is 6.23. The zero-order valence-electron chi connectivity index (χ0n) is 11.6. The molecule has 0 heterocycles. The largest absolute Gasteiger partial charge is 0.469 e. The van der Waals surface area contributed by atoms with Crippen LogP contribution < -0.4 is 5.32 Å². The molecule has 112 valence electrons. The van der Waals surface area contributed by atoms with Gasteiger partial charge >= 0.3 is 12.1 Å². The van der Waals surface area contributed by atoms with Crippen LogP contribution in [-0.4, -0.2) is 19.1 Å². The summed E-state index contributed by atoms with van der Waals surface area (Å²) >= 11 is 0. The zero-order chi connectivity index (χ0) is 15.3. The lowest BCUT2D eigenvalue weighted by molar-refractivity contribution is -0.145. The normalized spacial score (nSPS) is 14.7. The summed E-state index contributed by atoms with van der Waals surface area (Å²) in [7, 11) is 1.32. The molecule has 3 nitrogen and oxygen atoms in total. The van der Waals surface area contributed by atoms with Crippen LogP contribution in [0.1, 0.15) is 25.0 Å². The van der Waals surface area contributed by atoms with Crippen molar-refractivity contribution < 1.29 is 22.7 Å². The van der Waals surface area contributed by atoms with Gasteiger partial charge in [-0.1, -0.05) is 19.1 Å². The molecular formula is C14H18F3NO2. The van der Waals surface area contributed by atoms with Crippen molar-refractivity contribution >= 4 is 5.97 Å². The maximum Gasteiger partial charge on any atom is 0.416 e. The monoisotopic (exact) mass is 289 g/mol. The van der Waals surface area contributed by atoms with Crippen LogP contribution in [0.15, 0.2) is 24.3 Å². The third kappa shape index (κ3) is 4.52. The molecule has 1 aromatic rings. The number of hydrogen-bond acceptors (Lipinski definition) is 3. The van der Waals surface area contributed by atoms with E-state index in [1.807, 2.05) is 6.92 Å². The molecule has 0 aromatic heterocycles. The van der Waals surface area contributed by atoms with E-state index >= 15 is 0 Å². The number of alkyl halides is 3. The summed E-state index contributed by atoms with van der Waals surface area (Å²) in [5, 5.41) is 3.09. The van der Waals surface area contributed by atoms with Gasteiger partial charge in [-0.15, -0.1) is 0 Å². The van der Waals surface area contributed by atoms with E-state index in [0.717, 1.165) is 17.7 Å². The second-order valence-electron chi connectivity index (χ2n) is 4.68. The standard InChI is InChI=1S/C14H18F3NO2/c1-9(13(19)20-3)10(2)18-8-11-4-6-12(7-5-11)14(15,16)17/h4-7,9-10,18H,8H2,1-3H3. The average Bonchev–Trinajstić information content (AvgIpc) is 2.42. The van der Waals surface area contributed by atoms with E-state index in [2.05, 4.69) is 10.1 Å². The molecule has 0 amide bonds. The number of rotatable bonds is 5. The van der Waals surface area contributed by atoms with Gasteiger partial charge in [0.25, 0.3) is 0 Å². The number of ether oxygens (including phenoxy) is 1. The Morgan fingerprint density at radius 1 is 1.25 bits per heavy atom. The van der Waals surface area contributed by atoms with E-state index in [1.54, 1.807) is 6.92 Å². The average molecular weight is 289 g/mol. The summed E-state index contributed by atoms with van der Waals surface area (Å²) in [6.07, 6.45) is -4.32. The Labute approximate surface area is 116 Å². The fourth-order valence-corrected chi connectivity index (χ4v) is 1.66. The number of esters is 1. The molecule has 0 aliphatic carbocycles. The van der Waals surface area contributed by atoms with Crippen LogP contribution in [0.5, 0.6) is 0 Å². The van der Waals surface area contributed by atoms with Crippen molar-refractivity contribution in [2.45, 2.75) is 32.6 Å². The minimum Gasteiger partial charge on any atom is -0.469 e. The first-order chi connectivity index (χ1) is 9.25. The molecule has 0 fully saturated rings. The van der Waals surface area contributed by atoms with Crippen LogP contribution in [-0.2, 0) is 22.3 Å². The van der Waals surface area contributed by atoms with Crippen LogP contribution in [0.25, 0.3) is 0 Å². The molecule has 0 aliphatic rings. The lowest BCUT2D eigenvalue weighted by atomic mass is 10.0. The summed E-state index contributed by atoms with van der Waals surface area (Å²) < 4.78 is 41.8. The van der Waals surface area contributed by atoms with Gasteiger partial charge in [-0.25, -0.2) is 0 Å². The number of halogens is 3. The fourth-order valence-electron chi connectivity index (χ4n) is 1.66. The van der Waals surface area contributed by atoms with Crippen molar-refractivity contribution in [1.29, 1.82) is 0 Å². The molecule has 2 atom stereocenters. The quantitative estimate of drug-likeness (QED) is 0.847. The lowest BCUT2D eigenvalue weighted by Gasteiger charge is -2.19. The van der Waals surface area contributed by atoms with E-state index in [-0.39, 0.29) is 17.9 Å². The second kappa shape index (κ2) is 6.74. The SMILES string of the molecule is COC(=O)C(C)C(C)NCc1ccc(C(F)(F)F)cc1. The molecule has 0 saturated heterocycles. The third-order valence-electron chi connectivity index (χ3n) is 3.23. The van der Waals surface area contributed by atoms with Crippen molar-refractivity contribution in [3.05, 3.63) is 35.4 Å². The number of carbonyl (C=O) groups is 1. The first kappa shape index (κ1) is 16.5. The Morgan fingerprint density at radius 3 is 2.25 bits per heavy atom. The molecular weight excluding hydrogens is 271 g/mol. The molecule has 1 aromatic carbocycles. The Balaban J connectivity index is 2.56. The summed E-state index contributed by atoms with van der Waals surface area (Å²) in [6, 6.07) is 4.80. The Kier molecular flexibility index (Phi) is 5.56. The highest BCUT2D eigenvalue weighted by Crippen LogP contribution is 2.29. The second-order valence-corrected chi connectivity index (χ2v) is 4.68. The van der Waals surface area contributed by atoms with Gasteiger partial charge in [0.1, 0.15) is 0 Å². The molecule has 0 bridgehead atoms. The van der Waals surface area contributed by atoms with E-state index in [0.29, 0.717) is 6.54 Å². The highest BCUT2D eigenvalue weighted by Gasteiger charge is 2.29. The van der Waals surface area contributed by atoms with Gasteiger partial charge in [0.15, 0.2) is 0 Å². The maximum absolute atomic E-state index is 12.4. The number of hydrogen-bond donors (Lipinski definition) is 1. The maximum atomic E-state index is 12.4. The molecule has 6 heteroatoms. The molecule has 2 unspecified atom stereocenters. The topological polar surface area (TPSA) is 38.3 Å².